The molecule has 9 heavy (non-hydrogen) atoms. The minimum absolute atomic E-state index is 0. The number of halogens is 1. The molecule has 0 unspecified atom stereocenters. The molecule has 0 N–H and O–H groups in total. The van der Waals surface area contributed by atoms with Gasteiger partial charge in [0.1, 0.15) is 0 Å². The summed E-state index contributed by atoms with van der Waals surface area (Å²) in [4.78, 5) is 19.4. The van der Waals surface area contributed by atoms with E-state index >= 15 is 0 Å². The predicted octanol–water partition coefficient (Wildman–Crippen LogP) is -3.71. The van der Waals surface area contributed by atoms with E-state index in [-0.39, 0.29) is 42.4 Å². The third kappa shape index (κ3) is 11.8. The van der Waals surface area contributed by atoms with Gasteiger partial charge in [0.05, 0.1) is 0 Å². The van der Waals surface area contributed by atoms with E-state index in [1.165, 1.54) is 0 Å². The van der Waals surface area contributed by atoms with Crippen LogP contribution in [0.3, 0.4) is 0 Å². The van der Waals surface area contributed by atoms with E-state index in [4.69, 9.17) is 11.6 Å². The molecule has 0 aliphatic heterocycles. The first-order chi connectivity index (χ1) is 3.63. The Labute approximate surface area is 79.7 Å². The van der Waals surface area contributed by atoms with E-state index in [0.717, 1.165) is 0 Å². The summed E-state index contributed by atoms with van der Waals surface area (Å²) in [5.74, 6) is -1.25. The maximum atomic E-state index is 9.82. The van der Waals surface area contributed by atoms with Crippen LogP contribution >= 0.6 is 11.6 Å². The second-order valence-electron chi connectivity index (χ2n) is 1.23. The molecular weight excluding hydrogens is 154 g/mol. The number of hydrogen-bond donors (Lipinski definition) is 0. The fourth-order valence-electron chi connectivity index (χ4n) is 0.200. The molecule has 0 aliphatic carbocycles. The Balaban J connectivity index is 0. The number of carboxylic acid groups (broad SMARTS) is 1. The molecule has 0 rings (SSSR count). The van der Waals surface area contributed by atoms with E-state index in [2.05, 4.69) is 0 Å². The molecule has 0 radical (unpaired) electrons. The number of rotatable bonds is 3. The molecule has 0 aliphatic rings. The quantitative estimate of drug-likeness (QED) is 0.314. The normalized spacial score (nSPS) is 7.67. The van der Waals surface area contributed by atoms with Crippen molar-refractivity contribution in [3.63, 3.8) is 0 Å². The van der Waals surface area contributed by atoms with Gasteiger partial charge in [-0.1, -0.05) is 0 Å². The third-order valence-corrected chi connectivity index (χ3v) is 0.715. The Hall–Kier alpha value is 0.430. The van der Waals surface area contributed by atoms with Gasteiger partial charge in [0, 0.05) is 12.4 Å². The van der Waals surface area contributed by atoms with Crippen molar-refractivity contribution < 1.29 is 44.3 Å². The molecule has 0 spiro atoms. The summed E-state index contributed by atoms with van der Waals surface area (Å²) >= 11 is 4.79. The van der Waals surface area contributed by atoms with Crippen LogP contribution in [0.1, 0.15) is 12.8 Å². The standard InChI is InChI=1S/C4H5ClO3.Na/c5-3(6)1-2-4(7)8;/h1-2H2,(H,7,8);/q;+1/p-1. The summed E-state index contributed by atoms with van der Waals surface area (Å²) in [5.41, 5.74) is 0. The molecule has 0 fully saturated rings. The zero-order chi connectivity index (χ0) is 6.57. The molecule has 3 nitrogen and oxygen atoms in total. The average Bonchev–Trinajstić information content (AvgIpc) is 1.61. The zero-order valence-electron chi connectivity index (χ0n) is 5.02. The van der Waals surface area contributed by atoms with E-state index in [1.807, 2.05) is 0 Å². The molecule has 0 atom stereocenters. The molecule has 0 saturated carbocycles. The van der Waals surface area contributed by atoms with E-state index in [1.54, 1.807) is 0 Å². The second kappa shape index (κ2) is 6.55. The van der Waals surface area contributed by atoms with Crippen molar-refractivity contribution in [2.24, 2.45) is 0 Å². The zero-order valence-corrected chi connectivity index (χ0v) is 7.77. The number of carbonyl (C=O) groups excluding carboxylic acids is 2. The first-order valence-corrected chi connectivity index (χ1v) is 2.39. The van der Waals surface area contributed by atoms with Gasteiger partial charge in [0.25, 0.3) is 0 Å². The van der Waals surface area contributed by atoms with Crippen LogP contribution in [0.25, 0.3) is 0 Å². The van der Waals surface area contributed by atoms with Crippen molar-refractivity contribution >= 4 is 22.8 Å². The van der Waals surface area contributed by atoms with Crippen molar-refractivity contribution in [2.75, 3.05) is 0 Å². The van der Waals surface area contributed by atoms with Crippen molar-refractivity contribution in [1.29, 1.82) is 0 Å². The van der Waals surface area contributed by atoms with Crippen LogP contribution in [0, 0.1) is 0 Å². The molecule has 0 aromatic rings. The summed E-state index contributed by atoms with van der Waals surface area (Å²) in [6, 6.07) is 0. The predicted molar refractivity (Wildman–Crippen MR) is 25.1 cm³/mol. The minimum Gasteiger partial charge on any atom is -0.550 e. The summed E-state index contributed by atoms with van der Waals surface area (Å²) < 4.78 is 0. The summed E-state index contributed by atoms with van der Waals surface area (Å²) in [7, 11) is 0. The number of hydrogen-bond acceptors (Lipinski definition) is 3. The Morgan fingerprint density at radius 3 is 1.89 bits per heavy atom. The molecule has 0 bridgehead atoms. The van der Waals surface area contributed by atoms with Gasteiger partial charge in [-0.15, -0.1) is 0 Å². The van der Waals surface area contributed by atoms with Gasteiger partial charge >= 0.3 is 29.6 Å². The van der Waals surface area contributed by atoms with Crippen LogP contribution in [0.15, 0.2) is 0 Å². The number of carboxylic acids is 1. The van der Waals surface area contributed by atoms with Crippen molar-refractivity contribution in [2.45, 2.75) is 12.8 Å². The Kier molecular flexibility index (Phi) is 8.83. The van der Waals surface area contributed by atoms with Crippen molar-refractivity contribution in [1.82, 2.24) is 0 Å². The SMILES string of the molecule is O=C([O-])CCC(=O)Cl.[Na+]. The molecule has 0 aromatic carbocycles. The molecule has 0 heterocycles. The Morgan fingerprint density at radius 1 is 1.33 bits per heavy atom. The largest absolute Gasteiger partial charge is 1.00 e. The van der Waals surface area contributed by atoms with E-state index in [0.29, 0.717) is 0 Å². The Bertz CT molecular complexity index is 100. The molecule has 46 valence electrons. The van der Waals surface area contributed by atoms with Crippen LogP contribution in [0.4, 0.5) is 0 Å². The summed E-state index contributed by atoms with van der Waals surface area (Å²) in [6.07, 6.45) is -0.438. The van der Waals surface area contributed by atoms with E-state index in [9.17, 15) is 14.7 Å². The third-order valence-electron chi connectivity index (χ3n) is 0.526. The van der Waals surface area contributed by atoms with Gasteiger partial charge in [-0.05, 0) is 18.0 Å². The summed E-state index contributed by atoms with van der Waals surface area (Å²) in [5, 5.41) is 8.94. The molecule has 0 aromatic heterocycles. The van der Waals surface area contributed by atoms with Gasteiger partial charge < -0.3 is 9.90 Å². The second-order valence-corrected chi connectivity index (χ2v) is 1.65. The maximum absolute atomic E-state index is 9.82. The monoisotopic (exact) mass is 158 g/mol. The van der Waals surface area contributed by atoms with Gasteiger partial charge in [-0.2, -0.15) is 0 Å². The van der Waals surface area contributed by atoms with Crippen LogP contribution in [-0.4, -0.2) is 11.2 Å². The molecule has 0 amide bonds. The van der Waals surface area contributed by atoms with Gasteiger partial charge in [-0.3, -0.25) is 4.79 Å². The first kappa shape index (κ1) is 12.1. The minimum atomic E-state index is -1.25. The van der Waals surface area contributed by atoms with Crippen molar-refractivity contribution in [3.05, 3.63) is 0 Å². The van der Waals surface area contributed by atoms with Gasteiger partial charge in [0.2, 0.25) is 5.24 Å². The Morgan fingerprint density at radius 2 is 1.78 bits per heavy atom. The molecule has 5 heteroatoms. The summed E-state index contributed by atoms with van der Waals surface area (Å²) in [6.45, 7) is 0. The first-order valence-electron chi connectivity index (χ1n) is 2.01. The topological polar surface area (TPSA) is 57.2 Å². The van der Waals surface area contributed by atoms with E-state index < -0.39 is 11.2 Å². The van der Waals surface area contributed by atoms with Gasteiger partial charge in [-0.25, -0.2) is 0 Å². The molecule has 0 saturated heterocycles. The number of carbonyl (C=O) groups is 2. The smallest absolute Gasteiger partial charge is 0.550 e. The van der Waals surface area contributed by atoms with Crippen LogP contribution in [-0.2, 0) is 9.59 Å². The van der Waals surface area contributed by atoms with Crippen LogP contribution < -0.4 is 34.7 Å². The molecular formula is C4H4ClNaO3. The number of aliphatic carboxylic acids is 1. The fourth-order valence-corrected chi connectivity index (χ4v) is 0.295. The average molecular weight is 159 g/mol. The van der Waals surface area contributed by atoms with Gasteiger partial charge in [0.15, 0.2) is 0 Å². The van der Waals surface area contributed by atoms with Crippen molar-refractivity contribution in [3.8, 4) is 0 Å². The van der Waals surface area contributed by atoms with Crippen LogP contribution in [0.2, 0.25) is 0 Å². The fraction of sp³-hybridized carbons (Fsp3) is 0.500. The van der Waals surface area contributed by atoms with Crippen LogP contribution in [0.5, 0.6) is 0 Å². The maximum Gasteiger partial charge on any atom is 1.00 e.